The molecule has 4 rings (SSSR count). The van der Waals surface area contributed by atoms with Crippen LogP contribution in [0, 0.1) is 0 Å². The van der Waals surface area contributed by atoms with Gasteiger partial charge >= 0.3 is 0 Å². The Kier molecular flexibility index (Phi) is 5.63. The van der Waals surface area contributed by atoms with Crippen LogP contribution in [-0.4, -0.2) is 22.4 Å². The lowest BCUT2D eigenvalue weighted by Gasteiger charge is -2.07. The van der Waals surface area contributed by atoms with Crippen molar-refractivity contribution >= 4 is 39.3 Å². The molecule has 0 radical (unpaired) electrons. The molecule has 4 aromatic rings. The number of hydrogen-bond donors (Lipinski definition) is 2. The number of nitrogens with one attached hydrogen (secondary N) is 2. The molecule has 0 aliphatic heterocycles. The van der Waals surface area contributed by atoms with E-state index in [9.17, 15) is 4.79 Å². The number of aromatic amines is 1. The standard InChI is InChI=1S/C24H22ClN3O/c1-2-14-26-23(29)9-5-7-18-19-15-17(25)11-13-21(19)28-24(18)22-12-10-16-6-3-4-8-20(16)27-22/h2-4,6,8,10-13,15,28H,1,5,7,9,14H2,(H,26,29). The topological polar surface area (TPSA) is 57.8 Å². The van der Waals surface area contributed by atoms with E-state index in [4.69, 9.17) is 16.6 Å². The van der Waals surface area contributed by atoms with Crippen molar-refractivity contribution in [1.29, 1.82) is 0 Å². The zero-order valence-corrected chi connectivity index (χ0v) is 16.8. The van der Waals surface area contributed by atoms with Crippen molar-refractivity contribution in [2.24, 2.45) is 0 Å². The van der Waals surface area contributed by atoms with E-state index < -0.39 is 0 Å². The number of pyridine rings is 1. The first kappa shape index (κ1) is 19.2. The molecule has 146 valence electrons. The second-order valence-corrected chi connectivity index (χ2v) is 7.44. The van der Waals surface area contributed by atoms with E-state index in [0.717, 1.165) is 51.6 Å². The van der Waals surface area contributed by atoms with Gasteiger partial charge in [-0.3, -0.25) is 4.79 Å². The first-order chi connectivity index (χ1) is 14.2. The quantitative estimate of drug-likeness (QED) is 0.391. The van der Waals surface area contributed by atoms with Crippen molar-refractivity contribution in [3.8, 4) is 11.4 Å². The van der Waals surface area contributed by atoms with Crippen LogP contribution in [0.4, 0.5) is 0 Å². The van der Waals surface area contributed by atoms with Gasteiger partial charge in [-0.1, -0.05) is 41.9 Å². The van der Waals surface area contributed by atoms with E-state index in [-0.39, 0.29) is 5.91 Å². The number of H-pyrrole nitrogens is 1. The Hall–Kier alpha value is -3.11. The van der Waals surface area contributed by atoms with E-state index in [1.165, 1.54) is 0 Å². The van der Waals surface area contributed by atoms with Crippen LogP contribution < -0.4 is 5.32 Å². The maximum atomic E-state index is 11.9. The monoisotopic (exact) mass is 403 g/mol. The number of aryl methyl sites for hydroxylation is 1. The van der Waals surface area contributed by atoms with Gasteiger partial charge in [-0.15, -0.1) is 6.58 Å². The lowest BCUT2D eigenvalue weighted by molar-refractivity contribution is -0.120. The number of rotatable bonds is 7. The normalized spacial score (nSPS) is 11.1. The molecule has 2 aromatic heterocycles. The third-order valence-corrected chi connectivity index (χ3v) is 5.23. The van der Waals surface area contributed by atoms with Crippen molar-refractivity contribution in [1.82, 2.24) is 15.3 Å². The lowest BCUT2D eigenvalue weighted by atomic mass is 10.0. The molecule has 2 N–H and O–H groups in total. The summed E-state index contributed by atoms with van der Waals surface area (Å²) in [4.78, 5) is 20.3. The molecule has 0 atom stereocenters. The van der Waals surface area contributed by atoms with E-state index in [2.05, 4.69) is 29.0 Å². The molecule has 2 heterocycles. The van der Waals surface area contributed by atoms with Gasteiger partial charge in [-0.25, -0.2) is 4.98 Å². The number of amides is 1. The second-order valence-electron chi connectivity index (χ2n) is 7.00. The summed E-state index contributed by atoms with van der Waals surface area (Å²) in [5, 5.41) is 5.71. The highest BCUT2D eigenvalue weighted by Gasteiger charge is 2.15. The molecule has 0 fully saturated rings. The first-order valence-corrected chi connectivity index (χ1v) is 10.1. The Morgan fingerprint density at radius 1 is 1.17 bits per heavy atom. The Morgan fingerprint density at radius 3 is 2.90 bits per heavy atom. The number of carbonyl (C=O) groups excluding carboxylic acids is 1. The van der Waals surface area contributed by atoms with Gasteiger partial charge in [0.15, 0.2) is 0 Å². The smallest absolute Gasteiger partial charge is 0.220 e. The molecule has 0 saturated heterocycles. The number of carbonyl (C=O) groups is 1. The van der Waals surface area contributed by atoms with E-state index in [1.54, 1.807) is 6.08 Å². The van der Waals surface area contributed by atoms with Gasteiger partial charge in [0.2, 0.25) is 5.91 Å². The highest BCUT2D eigenvalue weighted by Crippen LogP contribution is 2.33. The number of nitrogens with zero attached hydrogens (tertiary/aromatic N) is 1. The molecule has 29 heavy (non-hydrogen) atoms. The van der Waals surface area contributed by atoms with Gasteiger partial charge in [0.05, 0.1) is 16.9 Å². The zero-order valence-electron chi connectivity index (χ0n) is 16.0. The van der Waals surface area contributed by atoms with Gasteiger partial charge in [0.1, 0.15) is 0 Å². The van der Waals surface area contributed by atoms with Crippen LogP contribution in [-0.2, 0) is 11.2 Å². The Morgan fingerprint density at radius 2 is 2.03 bits per heavy atom. The summed E-state index contributed by atoms with van der Waals surface area (Å²) in [6, 6.07) is 18.0. The van der Waals surface area contributed by atoms with Crippen molar-refractivity contribution in [2.75, 3.05) is 6.54 Å². The summed E-state index contributed by atoms with van der Waals surface area (Å²) >= 11 is 6.26. The third-order valence-electron chi connectivity index (χ3n) is 5.00. The average Bonchev–Trinajstić information content (AvgIpc) is 3.09. The minimum atomic E-state index is 0.0353. The SMILES string of the molecule is C=CCNC(=O)CCCc1c(-c2ccc3ccccc3n2)[nH]c2ccc(Cl)cc12. The largest absolute Gasteiger partial charge is 0.353 e. The van der Waals surface area contributed by atoms with Gasteiger partial charge in [0, 0.05) is 34.3 Å². The maximum absolute atomic E-state index is 11.9. The number of benzene rings is 2. The molecule has 0 unspecified atom stereocenters. The number of halogens is 1. The maximum Gasteiger partial charge on any atom is 0.220 e. The lowest BCUT2D eigenvalue weighted by Crippen LogP contribution is -2.22. The van der Waals surface area contributed by atoms with Crippen LogP contribution in [0.3, 0.4) is 0 Å². The molecule has 0 spiro atoms. The van der Waals surface area contributed by atoms with E-state index in [0.29, 0.717) is 18.0 Å². The van der Waals surface area contributed by atoms with Gasteiger partial charge in [-0.2, -0.15) is 0 Å². The summed E-state index contributed by atoms with van der Waals surface area (Å²) in [5.74, 6) is 0.0353. The van der Waals surface area contributed by atoms with Gasteiger partial charge in [-0.05, 0) is 48.7 Å². The minimum Gasteiger partial charge on any atom is -0.353 e. The second kappa shape index (κ2) is 8.50. The number of aromatic nitrogens is 2. The predicted molar refractivity (Wildman–Crippen MR) is 120 cm³/mol. The molecular formula is C24H22ClN3O. The summed E-state index contributed by atoms with van der Waals surface area (Å²) in [7, 11) is 0. The average molecular weight is 404 g/mol. The fourth-order valence-corrected chi connectivity index (χ4v) is 3.78. The third kappa shape index (κ3) is 4.17. The van der Waals surface area contributed by atoms with Crippen LogP contribution in [0.15, 0.2) is 67.3 Å². The number of fused-ring (bicyclic) bond motifs is 2. The van der Waals surface area contributed by atoms with Crippen LogP contribution in [0.25, 0.3) is 33.2 Å². The fraction of sp³-hybridized carbons (Fsp3) is 0.167. The summed E-state index contributed by atoms with van der Waals surface area (Å²) in [6.07, 6.45) is 3.64. The Labute approximate surface area is 174 Å². The van der Waals surface area contributed by atoms with Crippen LogP contribution >= 0.6 is 11.6 Å². The number of para-hydroxylation sites is 1. The highest BCUT2D eigenvalue weighted by atomic mass is 35.5. The first-order valence-electron chi connectivity index (χ1n) is 9.69. The molecule has 2 aromatic carbocycles. The Balaban J connectivity index is 1.69. The van der Waals surface area contributed by atoms with Crippen LogP contribution in [0.2, 0.25) is 5.02 Å². The molecule has 0 aliphatic carbocycles. The van der Waals surface area contributed by atoms with Crippen molar-refractivity contribution in [2.45, 2.75) is 19.3 Å². The van der Waals surface area contributed by atoms with Crippen LogP contribution in [0.5, 0.6) is 0 Å². The molecule has 0 aliphatic rings. The van der Waals surface area contributed by atoms with E-state index >= 15 is 0 Å². The predicted octanol–water partition coefficient (Wildman–Crippen LogP) is 5.66. The zero-order chi connectivity index (χ0) is 20.2. The van der Waals surface area contributed by atoms with Crippen molar-refractivity contribution < 1.29 is 4.79 Å². The summed E-state index contributed by atoms with van der Waals surface area (Å²) in [6.45, 7) is 4.12. The summed E-state index contributed by atoms with van der Waals surface area (Å²) in [5.41, 5.74) is 4.99. The Bertz CT molecular complexity index is 1200. The molecular weight excluding hydrogens is 382 g/mol. The van der Waals surface area contributed by atoms with Gasteiger partial charge < -0.3 is 10.3 Å². The molecule has 0 saturated carbocycles. The van der Waals surface area contributed by atoms with Crippen molar-refractivity contribution in [3.05, 3.63) is 77.8 Å². The number of hydrogen-bond acceptors (Lipinski definition) is 2. The fourth-order valence-electron chi connectivity index (χ4n) is 3.60. The van der Waals surface area contributed by atoms with Crippen molar-refractivity contribution in [3.63, 3.8) is 0 Å². The minimum absolute atomic E-state index is 0.0353. The molecule has 5 heteroatoms. The molecule has 0 bridgehead atoms. The molecule has 4 nitrogen and oxygen atoms in total. The van der Waals surface area contributed by atoms with Crippen LogP contribution in [0.1, 0.15) is 18.4 Å². The van der Waals surface area contributed by atoms with Gasteiger partial charge in [0.25, 0.3) is 0 Å². The molecule has 1 amide bonds. The summed E-state index contributed by atoms with van der Waals surface area (Å²) < 4.78 is 0. The highest BCUT2D eigenvalue weighted by molar-refractivity contribution is 6.31. The van der Waals surface area contributed by atoms with E-state index in [1.807, 2.05) is 42.5 Å².